The third-order valence-electron chi connectivity index (χ3n) is 3.67. The Balaban J connectivity index is 2.36. The average molecular weight is 388 g/mol. The van der Waals surface area contributed by atoms with Gasteiger partial charge in [0.2, 0.25) is 10.0 Å². The van der Waals surface area contributed by atoms with Crippen molar-refractivity contribution in [2.45, 2.75) is 18.4 Å². The maximum atomic E-state index is 13.2. The fraction of sp³-hybridized carbons (Fsp3) is 0.294. The highest BCUT2D eigenvalue weighted by molar-refractivity contribution is 7.89. The molecular weight excluding hydrogens is 369 g/mol. The van der Waals surface area contributed by atoms with Crippen LogP contribution in [0.5, 0.6) is 11.5 Å². The predicted octanol–water partition coefficient (Wildman–Crippen LogP) is 3.71. The summed E-state index contributed by atoms with van der Waals surface area (Å²) in [5.41, 5.74) is 0.723. The maximum Gasteiger partial charge on any atom is 0.244 e. The molecule has 5 nitrogen and oxygen atoms in total. The van der Waals surface area contributed by atoms with E-state index in [2.05, 4.69) is 0 Å². The van der Waals surface area contributed by atoms with Crippen LogP contribution in [0, 0.1) is 5.82 Å². The van der Waals surface area contributed by atoms with Gasteiger partial charge in [0.25, 0.3) is 0 Å². The summed E-state index contributed by atoms with van der Waals surface area (Å²) in [4.78, 5) is -0.127. The zero-order chi connectivity index (χ0) is 18.6. The lowest BCUT2D eigenvalue weighted by Crippen LogP contribution is -2.30. The molecule has 0 atom stereocenters. The molecule has 8 heteroatoms. The van der Waals surface area contributed by atoms with Crippen LogP contribution in [0.3, 0.4) is 0 Å². The number of methoxy groups -OCH3 is 2. The second kappa shape index (κ2) is 8.03. The smallest absolute Gasteiger partial charge is 0.244 e. The van der Waals surface area contributed by atoms with Gasteiger partial charge in [-0.1, -0.05) is 24.6 Å². The van der Waals surface area contributed by atoms with Gasteiger partial charge in [-0.2, -0.15) is 4.31 Å². The van der Waals surface area contributed by atoms with E-state index in [0.717, 1.165) is 17.7 Å². The van der Waals surface area contributed by atoms with E-state index in [0.29, 0.717) is 11.5 Å². The molecule has 136 valence electrons. The van der Waals surface area contributed by atoms with Gasteiger partial charge in [0, 0.05) is 13.1 Å². The van der Waals surface area contributed by atoms with Crippen LogP contribution in [0.25, 0.3) is 0 Å². The van der Waals surface area contributed by atoms with Crippen molar-refractivity contribution in [2.75, 3.05) is 20.8 Å². The highest BCUT2D eigenvalue weighted by Gasteiger charge is 2.26. The number of sulfonamides is 1. The summed E-state index contributed by atoms with van der Waals surface area (Å²) in [6.45, 7) is 2.06. The van der Waals surface area contributed by atoms with Crippen molar-refractivity contribution in [1.82, 2.24) is 4.31 Å². The summed E-state index contributed by atoms with van der Waals surface area (Å²) in [7, 11) is -0.837. The molecule has 0 fully saturated rings. The van der Waals surface area contributed by atoms with E-state index < -0.39 is 15.8 Å². The van der Waals surface area contributed by atoms with Gasteiger partial charge in [0.15, 0.2) is 11.5 Å². The minimum absolute atomic E-state index is 0.118. The predicted molar refractivity (Wildman–Crippen MR) is 94.2 cm³/mol. The Morgan fingerprint density at radius 3 is 2.32 bits per heavy atom. The molecule has 0 spiro atoms. The van der Waals surface area contributed by atoms with Gasteiger partial charge in [-0.25, -0.2) is 12.8 Å². The molecule has 0 aliphatic heterocycles. The van der Waals surface area contributed by atoms with Crippen LogP contribution < -0.4 is 9.47 Å². The van der Waals surface area contributed by atoms with Gasteiger partial charge in [-0.3, -0.25) is 0 Å². The Labute approximate surface area is 152 Å². The van der Waals surface area contributed by atoms with Crippen LogP contribution in [-0.4, -0.2) is 33.5 Å². The van der Waals surface area contributed by atoms with E-state index in [-0.39, 0.29) is 23.0 Å². The molecule has 2 rings (SSSR count). The molecule has 0 amide bonds. The minimum Gasteiger partial charge on any atom is -0.493 e. The second-order valence-corrected chi connectivity index (χ2v) is 7.51. The Hall–Kier alpha value is -1.83. The van der Waals surface area contributed by atoms with Gasteiger partial charge in [-0.15, -0.1) is 0 Å². The van der Waals surface area contributed by atoms with Gasteiger partial charge in [0.1, 0.15) is 10.7 Å². The quantitative estimate of drug-likeness (QED) is 0.726. The minimum atomic E-state index is -3.87. The van der Waals surface area contributed by atoms with Crippen molar-refractivity contribution < 1.29 is 22.3 Å². The van der Waals surface area contributed by atoms with E-state index in [1.807, 2.05) is 0 Å². The molecule has 0 heterocycles. The summed E-state index contributed by atoms with van der Waals surface area (Å²) < 4.78 is 50.6. The van der Waals surface area contributed by atoms with Crippen LogP contribution in [0.4, 0.5) is 4.39 Å². The lowest BCUT2D eigenvalue weighted by atomic mass is 10.2. The molecule has 0 N–H and O–H groups in total. The Kier molecular flexibility index (Phi) is 6.26. The molecule has 0 aliphatic carbocycles. The number of hydrogen-bond acceptors (Lipinski definition) is 4. The van der Waals surface area contributed by atoms with E-state index in [1.165, 1.54) is 24.6 Å². The summed E-state index contributed by atoms with van der Waals surface area (Å²) in [5.74, 6) is 0.471. The number of benzene rings is 2. The SMILES string of the molecule is CCN(Cc1ccc(OC)c(OC)c1)S(=O)(=O)c1ccc(F)cc1Cl. The monoisotopic (exact) mass is 387 g/mol. The largest absolute Gasteiger partial charge is 0.493 e. The van der Waals surface area contributed by atoms with Crippen molar-refractivity contribution in [3.05, 3.63) is 52.8 Å². The molecular formula is C17H19ClFNO4S. The highest BCUT2D eigenvalue weighted by atomic mass is 35.5. The van der Waals surface area contributed by atoms with Crippen LogP contribution in [-0.2, 0) is 16.6 Å². The lowest BCUT2D eigenvalue weighted by Gasteiger charge is -2.22. The lowest BCUT2D eigenvalue weighted by molar-refractivity contribution is 0.353. The van der Waals surface area contributed by atoms with Gasteiger partial charge in [0.05, 0.1) is 19.2 Å². The van der Waals surface area contributed by atoms with Crippen LogP contribution >= 0.6 is 11.6 Å². The van der Waals surface area contributed by atoms with Crippen molar-refractivity contribution in [3.8, 4) is 11.5 Å². The Morgan fingerprint density at radius 1 is 1.08 bits per heavy atom. The standard InChI is InChI=1S/C17H19ClFNO4S/c1-4-20(11-12-5-7-15(23-2)16(9-12)24-3)25(21,22)17-8-6-13(19)10-14(17)18/h5-10H,4,11H2,1-3H3. The van der Waals surface area contributed by atoms with Crippen molar-refractivity contribution >= 4 is 21.6 Å². The van der Waals surface area contributed by atoms with Gasteiger partial charge < -0.3 is 9.47 Å². The fourth-order valence-corrected chi connectivity index (χ4v) is 4.32. The third kappa shape index (κ3) is 4.23. The first-order valence-electron chi connectivity index (χ1n) is 7.49. The first-order valence-corrected chi connectivity index (χ1v) is 9.31. The van der Waals surface area contributed by atoms with Crippen molar-refractivity contribution in [2.24, 2.45) is 0 Å². The van der Waals surface area contributed by atoms with Crippen LogP contribution in [0.2, 0.25) is 5.02 Å². The van der Waals surface area contributed by atoms with Crippen LogP contribution in [0.15, 0.2) is 41.3 Å². The molecule has 0 saturated carbocycles. The molecule has 25 heavy (non-hydrogen) atoms. The van der Waals surface area contributed by atoms with Crippen molar-refractivity contribution in [1.29, 1.82) is 0 Å². The maximum absolute atomic E-state index is 13.2. The number of ether oxygens (including phenoxy) is 2. The van der Waals surface area contributed by atoms with E-state index in [9.17, 15) is 12.8 Å². The van der Waals surface area contributed by atoms with E-state index >= 15 is 0 Å². The zero-order valence-electron chi connectivity index (χ0n) is 14.1. The van der Waals surface area contributed by atoms with Crippen molar-refractivity contribution in [3.63, 3.8) is 0 Å². The third-order valence-corrected chi connectivity index (χ3v) is 6.08. The first kappa shape index (κ1) is 19.5. The highest BCUT2D eigenvalue weighted by Crippen LogP contribution is 2.30. The average Bonchev–Trinajstić information content (AvgIpc) is 2.58. The van der Waals surface area contributed by atoms with E-state index in [4.69, 9.17) is 21.1 Å². The van der Waals surface area contributed by atoms with Crippen LogP contribution in [0.1, 0.15) is 12.5 Å². The molecule has 0 aromatic heterocycles. The molecule has 0 saturated heterocycles. The van der Waals surface area contributed by atoms with E-state index in [1.54, 1.807) is 25.1 Å². The summed E-state index contributed by atoms with van der Waals surface area (Å²) in [5, 5.41) is -0.147. The number of rotatable bonds is 7. The summed E-state index contributed by atoms with van der Waals surface area (Å²) in [6.07, 6.45) is 0. The summed E-state index contributed by atoms with van der Waals surface area (Å²) in [6, 6.07) is 8.40. The molecule has 0 aliphatic rings. The van der Waals surface area contributed by atoms with Gasteiger partial charge in [-0.05, 0) is 35.9 Å². The van der Waals surface area contributed by atoms with Gasteiger partial charge >= 0.3 is 0 Å². The number of halogens is 2. The Bertz CT molecular complexity index is 858. The molecule has 2 aromatic carbocycles. The number of hydrogen-bond donors (Lipinski definition) is 0. The Morgan fingerprint density at radius 2 is 1.76 bits per heavy atom. The summed E-state index contributed by atoms with van der Waals surface area (Å²) >= 11 is 5.92. The normalized spacial score (nSPS) is 11.6. The molecule has 0 unspecified atom stereocenters. The fourth-order valence-electron chi connectivity index (χ4n) is 2.37. The first-order chi connectivity index (χ1) is 11.8. The molecule has 0 bridgehead atoms. The topological polar surface area (TPSA) is 55.8 Å². The number of nitrogens with zero attached hydrogens (tertiary/aromatic N) is 1. The second-order valence-electron chi connectivity index (χ2n) is 5.20. The molecule has 0 radical (unpaired) electrons. The molecule has 2 aromatic rings. The zero-order valence-corrected chi connectivity index (χ0v) is 15.7.